The van der Waals surface area contributed by atoms with Crippen LogP contribution in [-0.2, 0) is 11.2 Å². The van der Waals surface area contributed by atoms with Crippen LogP contribution in [-0.4, -0.2) is 42.7 Å². The van der Waals surface area contributed by atoms with Gasteiger partial charge < -0.3 is 10.4 Å². The lowest BCUT2D eigenvalue weighted by Crippen LogP contribution is -2.40. The van der Waals surface area contributed by atoms with Gasteiger partial charge in [0.15, 0.2) is 0 Å². The summed E-state index contributed by atoms with van der Waals surface area (Å²) in [7, 11) is 0. The zero-order valence-corrected chi connectivity index (χ0v) is 13.7. The quantitative estimate of drug-likeness (QED) is 0.861. The Morgan fingerprint density at radius 3 is 2.87 bits per heavy atom. The molecule has 2 aromatic rings. The van der Waals surface area contributed by atoms with E-state index >= 15 is 0 Å². The van der Waals surface area contributed by atoms with E-state index in [1.165, 1.54) is 6.33 Å². The van der Waals surface area contributed by atoms with E-state index < -0.39 is 5.60 Å². The number of rotatable bonds is 5. The lowest BCUT2D eigenvalue weighted by Gasteiger charge is -2.22. The summed E-state index contributed by atoms with van der Waals surface area (Å²) in [5, 5.41) is 17.3. The monoisotopic (exact) mass is 317 g/mol. The van der Waals surface area contributed by atoms with Crippen LogP contribution in [0.15, 0.2) is 6.33 Å². The first kappa shape index (κ1) is 15.9. The van der Waals surface area contributed by atoms with Gasteiger partial charge in [0, 0.05) is 24.4 Å². The van der Waals surface area contributed by atoms with Crippen LogP contribution in [0, 0.1) is 13.8 Å². The van der Waals surface area contributed by atoms with Crippen molar-refractivity contribution < 1.29 is 9.90 Å². The highest BCUT2D eigenvalue weighted by Gasteiger charge is 2.31. The van der Waals surface area contributed by atoms with Crippen molar-refractivity contribution in [2.24, 2.45) is 0 Å². The number of aromatic nitrogens is 4. The van der Waals surface area contributed by atoms with Crippen LogP contribution in [0.5, 0.6) is 0 Å². The number of hydrogen-bond acceptors (Lipinski definition) is 5. The summed E-state index contributed by atoms with van der Waals surface area (Å²) in [5.74, 6) is 0.541. The normalized spacial score (nSPS) is 16.8. The minimum Gasteiger partial charge on any atom is -0.388 e. The third-order valence-corrected chi connectivity index (χ3v) is 4.74. The van der Waals surface area contributed by atoms with Crippen LogP contribution in [0.2, 0.25) is 0 Å². The van der Waals surface area contributed by atoms with Gasteiger partial charge in [0.05, 0.1) is 5.60 Å². The van der Waals surface area contributed by atoms with Crippen molar-refractivity contribution in [3.05, 3.63) is 23.3 Å². The van der Waals surface area contributed by atoms with E-state index in [4.69, 9.17) is 0 Å². The molecule has 0 saturated heterocycles. The molecule has 1 saturated carbocycles. The van der Waals surface area contributed by atoms with Gasteiger partial charge in [-0.2, -0.15) is 10.1 Å². The number of hydrogen-bond donors (Lipinski definition) is 2. The average Bonchev–Trinajstić information content (AvgIpc) is 3.14. The SMILES string of the molecule is Cc1nc2ncnn2c(C)c1CCC(=O)NCC1(O)CCCC1. The molecule has 1 amide bonds. The van der Waals surface area contributed by atoms with Crippen molar-refractivity contribution in [3.63, 3.8) is 0 Å². The zero-order chi connectivity index (χ0) is 16.4. The second-order valence-corrected chi connectivity index (χ2v) is 6.44. The average molecular weight is 317 g/mol. The highest BCUT2D eigenvalue weighted by Crippen LogP contribution is 2.28. The number of fused-ring (bicyclic) bond motifs is 1. The van der Waals surface area contributed by atoms with E-state index in [2.05, 4.69) is 20.4 Å². The second-order valence-electron chi connectivity index (χ2n) is 6.44. The van der Waals surface area contributed by atoms with E-state index in [9.17, 15) is 9.90 Å². The molecule has 2 N–H and O–H groups in total. The number of nitrogens with zero attached hydrogens (tertiary/aromatic N) is 4. The Morgan fingerprint density at radius 2 is 2.13 bits per heavy atom. The first-order valence-electron chi connectivity index (χ1n) is 8.13. The molecule has 1 fully saturated rings. The van der Waals surface area contributed by atoms with Crippen LogP contribution in [0.3, 0.4) is 0 Å². The van der Waals surface area contributed by atoms with Gasteiger partial charge >= 0.3 is 0 Å². The summed E-state index contributed by atoms with van der Waals surface area (Å²) in [5.41, 5.74) is 2.16. The number of aryl methyl sites for hydroxylation is 2. The first-order valence-corrected chi connectivity index (χ1v) is 8.13. The van der Waals surface area contributed by atoms with Crippen molar-refractivity contribution in [3.8, 4) is 0 Å². The molecule has 2 aromatic heterocycles. The second kappa shape index (κ2) is 6.23. The highest BCUT2D eigenvalue weighted by atomic mass is 16.3. The largest absolute Gasteiger partial charge is 0.388 e. The van der Waals surface area contributed by atoms with Gasteiger partial charge in [0.2, 0.25) is 5.91 Å². The Labute approximate surface area is 135 Å². The van der Waals surface area contributed by atoms with E-state index in [0.717, 1.165) is 42.6 Å². The molecule has 1 aliphatic rings. The fraction of sp³-hybridized carbons (Fsp3) is 0.625. The predicted octanol–water partition coefficient (Wildman–Crippen LogP) is 1.10. The summed E-state index contributed by atoms with van der Waals surface area (Å²) in [6.45, 7) is 4.24. The highest BCUT2D eigenvalue weighted by molar-refractivity contribution is 5.76. The molecule has 124 valence electrons. The van der Waals surface area contributed by atoms with E-state index in [0.29, 0.717) is 25.2 Å². The van der Waals surface area contributed by atoms with Crippen LogP contribution in [0.25, 0.3) is 5.78 Å². The molecule has 0 spiro atoms. The van der Waals surface area contributed by atoms with Gasteiger partial charge in [-0.05, 0) is 38.7 Å². The van der Waals surface area contributed by atoms with Crippen molar-refractivity contribution >= 4 is 11.7 Å². The summed E-state index contributed by atoms with van der Waals surface area (Å²) in [4.78, 5) is 20.6. The molecule has 7 heteroatoms. The molecule has 0 unspecified atom stereocenters. The number of carbonyl (C=O) groups excluding carboxylic acids is 1. The maximum Gasteiger partial charge on any atom is 0.252 e. The zero-order valence-electron chi connectivity index (χ0n) is 13.7. The van der Waals surface area contributed by atoms with E-state index in [-0.39, 0.29) is 5.91 Å². The van der Waals surface area contributed by atoms with Gasteiger partial charge in [-0.1, -0.05) is 12.8 Å². The molecule has 7 nitrogen and oxygen atoms in total. The minimum atomic E-state index is -0.706. The van der Waals surface area contributed by atoms with Crippen LogP contribution < -0.4 is 5.32 Å². The molecule has 23 heavy (non-hydrogen) atoms. The molecular formula is C16H23N5O2. The number of amides is 1. The Morgan fingerprint density at radius 1 is 1.39 bits per heavy atom. The third-order valence-electron chi connectivity index (χ3n) is 4.74. The maximum atomic E-state index is 12.1. The molecule has 1 aliphatic carbocycles. The minimum absolute atomic E-state index is 0.0391. The van der Waals surface area contributed by atoms with Crippen molar-refractivity contribution in [2.75, 3.05) is 6.54 Å². The number of aliphatic hydroxyl groups is 1. The Hall–Kier alpha value is -2.02. The smallest absolute Gasteiger partial charge is 0.252 e. The molecular weight excluding hydrogens is 294 g/mol. The summed E-state index contributed by atoms with van der Waals surface area (Å²) in [6, 6.07) is 0. The molecule has 0 bridgehead atoms. The van der Waals surface area contributed by atoms with Gasteiger partial charge in [0.1, 0.15) is 6.33 Å². The standard InChI is InChI=1S/C16H23N5O2/c1-11-13(12(2)21-15(20-11)18-10-19-21)5-6-14(22)17-9-16(23)7-3-4-8-16/h10,23H,3-9H2,1-2H3,(H,17,22). The van der Waals surface area contributed by atoms with Crippen molar-refractivity contribution in [2.45, 2.75) is 58.0 Å². The summed E-state index contributed by atoms with van der Waals surface area (Å²) < 4.78 is 1.70. The molecule has 3 rings (SSSR count). The fourth-order valence-corrected chi connectivity index (χ4v) is 3.32. The van der Waals surface area contributed by atoms with Crippen LogP contribution in [0.4, 0.5) is 0 Å². The van der Waals surface area contributed by atoms with E-state index in [1.807, 2.05) is 13.8 Å². The fourth-order valence-electron chi connectivity index (χ4n) is 3.32. The molecule has 0 radical (unpaired) electrons. The van der Waals surface area contributed by atoms with Gasteiger partial charge in [0.25, 0.3) is 5.78 Å². The van der Waals surface area contributed by atoms with Gasteiger partial charge in [-0.25, -0.2) is 9.50 Å². The third kappa shape index (κ3) is 3.34. The number of carbonyl (C=O) groups is 1. The molecule has 2 heterocycles. The van der Waals surface area contributed by atoms with E-state index in [1.54, 1.807) is 4.52 Å². The summed E-state index contributed by atoms with van der Waals surface area (Å²) in [6.07, 6.45) is 6.08. The molecule has 0 aliphatic heterocycles. The lowest BCUT2D eigenvalue weighted by molar-refractivity contribution is -0.122. The molecule has 0 aromatic carbocycles. The number of nitrogens with one attached hydrogen (secondary N) is 1. The van der Waals surface area contributed by atoms with Crippen LogP contribution >= 0.6 is 0 Å². The Balaban J connectivity index is 1.60. The van der Waals surface area contributed by atoms with Crippen molar-refractivity contribution in [1.29, 1.82) is 0 Å². The Kier molecular flexibility index (Phi) is 4.30. The molecule has 0 atom stereocenters. The van der Waals surface area contributed by atoms with Crippen LogP contribution in [0.1, 0.15) is 49.1 Å². The topological polar surface area (TPSA) is 92.4 Å². The van der Waals surface area contributed by atoms with Crippen molar-refractivity contribution in [1.82, 2.24) is 24.9 Å². The predicted molar refractivity (Wildman–Crippen MR) is 85.0 cm³/mol. The lowest BCUT2D eigenvalue weighted by atomic mass is 10.0. The van der Waals surface area contributed by atoms with Gasteiger partial charge in [-0.15, -0.1) is 0 Å². The summed E-state index contributed by atoms with van der Waals surface area (Å²) >= 11 is 0. The first-order chi connectivity index (χ1) is 11.0. The van der Waals surface area contributed by atoms with Gasteiger partial charge in [-0.3, -0.25) is 4.79 Å². The maximum absolute atomic E-state index is 12.1. The Bertz CT molecular complexity index is 719.